The Morgan fingerprint density at radius 3 is 2.22 bits per heavy atom. The Morgan fingerprint density at radius 1 is 0.944 bits per heavy atom. The van der Waals surface area contributed by atoms with Gasteiger partial charge in [-0.25, -0.2) is 0 Å². The molecule has 2 aromatic carbocycles. The highest BCUT2D eigenvalue weighted by molar-refractivity contribution is 6.05. The van der Waals surface area contributed by atoms with Gasteiger partial charge in [-0.3, -0.25) is 4.79 Å². The number of benzene rings is 2. The number of amides is 1. The van der Waals surface area contributed by atoms with Crippen molar-refractivity contribution < 1.29 is 43.1 Å². The van der Waals surface area contributed by atoms with Crippen LogP contribution in [0.25, 0.3) is 5.57 Å². The summed E-state index contributed by atoms with van der Waals surface area (Å²) in [6.45, 7) is 0.275. The zero-order valence-electron chi connectivity index (χ0n) is 20.3. The van der Waals surface area contributed by atoms with Gasteiger partial charge in [0.25, 0.3) is 5.91 Å². The molecule has 0 radical (unpaired) electrons. The summed E-state index contributed by atoms with van der Waals surface area (Å²) in [4.78, 5) is 15.7. The fourth-order valence-electron chi connectivity index (χ4n) is 4.93. The van der Waals surface area contributed by atoms with Crippen molar-refractivity contribution in [3.8, 4) is 17.2 Å². The molecular formula is C26H29NO9. The average Bonchev–Trinajstić information content (AvgIpc) is 3.36. The molecule has 2 aliphatic heterocycles. The molecule has 10 heteroatoms. The van der Waals surface area contributed by atoms with Crippen LogP contribution in [0.1, 0.15) is 21.5 Å². The van der Waals surface area contributed by atoms with Crippen molar-refractivity contribution in [3.63, 3.8) is 0 Å². The lowest BCUT2D eigenvalue weighted by molar-refractivity contribution is -0.190. The Hall–Kier alpha value is -3.15. The lowest BCUT2D eigenvalue weighted by atomic mass is 9.78. The summed E-state index contributed by atoms with van der Waals surface area (Å²) in [5, 5.41) is 11.1. The second-order valence-electron chi connectivity index (χ2n) is 8.67. The molecule has 2 aromatic rings. The highest BCUT2D eigenvalue weighted by atomic mass is 16.7. The van der Waals surface area contributed by atoms with Gasteiger partial charge in [-0.15, -0.1) is 0 Å². The van der Waals surface area contributed by atoms with Crippen LogP contribution in [0.3, 0.4) is 0 Å². The van der Waals surface area contributed by atoms with Crippen molar-refractivity contribution in [2.24, 2.45) is 0 Å². The maximum Gasteiger partial charge on any atom is 0.255 e. The van der Waals surface area contributed by atoms with E-state index in [2.05, 4.69) is 0 Å². The van der Waals surface area contributed by atoms with Gasteiger partial charge in [0.05, 0.1) is 18.7 Å². The number of nitrogens with zero attached hydrogens (tertiary/aromatic N) is 1. The first-order valence-electron chi connectivity index (χ1n) is 11.5. The van der Waals surface area contributed by atoms with Crippen molar-refractivity contribution in [2.75, 3.05) is 41.7 Å². The first kappa shape index (κ1) is 24.5. The van der Waals surface area contributed by atoms with E-state index in [-0.39, 0.29) is 26.3 Å². The molecule has 4 atom stereocenters. The third-order valence-corrected chi connectivity index (χ3v) is 6.56. The van der Waals surface area contributed by atoms with Crippen molar-refractivity contribution in [1.29, 1.82) is 0 Å². The Labute approximate surface area is 208 Å². The van der Waals surface area contributed by atoms with Crippen LogP contribution in [0, 0.1) is 0 Å². The van der Waals surface area contributed by atoms with E-state index in [9.17, 15) is 9.90 Å². The first-order chi connectivity index (χ1) is 17.5. The molecule has 0 bridgehead atoms. The lowest BCUT2D eigenvalue weighted by Crippen LogP contribution is -2.60. The second kappa shape index (κ2) is 10.5. The molecule has 10 nitrogen and oxygen atoms in total. The van der Waals surface area contributed by atoms with Gasteiger partial charge in [-0.1, -0.05) is 12.1 Å². The summed E-state index contributed by atoms with van der Waals surface area (Å²) in [6, 6.07) is 10.4. The number of aliphatic hydroxyl groups is 1. The minimum Gasteiger partial charge on any atom is -0.497 e. The molecule has 5 rings (SSSR count). The topological polar surface area (TPSA) is 105 Å². The van der Waals surface area contributed by atoms with Crippen LogP contribution in [0.4, 0.5) is 0 Å². The number of ether oxygens (including phenoxy) is 7. The van der Waals surface area contributed by atoms with E-state index in [4.69, 9.17) is 33.2 Å². The van der Waals surface area contributed by atoms with Gasteiger partial charge in [0.1, 0.15) is 37.6 Å². The van der Waals surface area contributed by atoms with Gasteiger partial charge in [0, 0.05) is 20.8 Å². The summed E-state index contributed by atoms with van der Waals surface area (Å²) in [5.74, 6) is 1.58. The number of carbonyl (C=O) groups excluding carboxylic acids is 1. The van der Waals surface area contributed by atoms with Crippen molar-refractivity contribution in [2.45, 2.75) is 30.9 Å². The second-order valence-corrected chi connectivity index (χ2v) is 8.67. The third-order valence-electron chi connectivity index (χ3n) is 6.56. The standard InChI is InChI=1S/C26H29NO9/c1-30-12-35-24-20(28)8-18-17-9-21-22(34-14-33-21)10-19(17)26(29)27(23(18)25(24)36-13-31-2)11-15-4-6-16(32-3)7-5-15/h4-10,20,23-25,28H,11-14H2,1-3H3/t20-,23+,24+,25-/m0/s1. The van der Waals surface area contributed by atoms with Crippen LogP contribution in [-0.4, -0.2) is 82.0 Å². The Morgan fingerprint density at radius 2 is 1.58 bits per heavy atom. The van der Waals surface area contributed by atoms with E-state index in [0.717, 1.165) is 16.9 Å². The first-order valence-corrected chi connectivity index (χ1v) is 11.5. The van der Waals surface area contributed by atoms with Gasteiger partial charge >= 0.3 is 0 Å². The molecule has 1 aliphatic carbocycles. The molecule has 2 heterocycles. The van der Waals surface area contributed by atoms with Crippen molar-refractivity contribution in [1.82, 2.24) is 4.90 Å². The molecule has 0 unspecified atom stereocenters. The number of aliphatic hydroxyl groups excluding tert-OH is 1. The number of rotatable bonds is 9. The smallest absolute Gasteiger partial charge is 0.255 e. The fraction of sp³-hybridized carbons (Fsp3) is 0.423. The third kappa shape index (κ3) is 4.42. The minimum absolute atomic E-state index is 0.0490. The highest BCUT2D eigenvalue weighted by Crippen LogP contribution is 2.45. The number of methoxy groups -OCH3 is 3. The largest absolute Gasteiger partial charge is 0.497 e. The maximum atomic E-state index is 14.0. The van der Waals surface area contributed by atoms with Crippen LogP contribution < -0.4 is 14.2 Å². The molecule has 36 heavy (non-hydrogen) atoms. The van der Waals surface area contributed by atoms with Crippen LogP contribution in [0.5, 0.6) is 17.2 Å². The van der Waals surface area contributed by atoms with Gasteiger partial charge in [-0.05, 0) is 47.0 Å². The Bertz CT molecular complexity index is 1130. The molecule has 0 aromatic heterocycles. The zero-order chi connectivity index (χ0) is 25.2. The molecule has 192 valence electrons. The summed E-state index contributed by atoms with van der Waals surface area (Å²) < 4.78 is 38.6. The summed E-state index contributed by atoms with van der Waals surface area (Å²) in [6.07, 6.45) is -0.833. The van der Waals surface area contributed by atoms with E-state index in [0.29, 0.717) is 29.2 Å². The van der Waals surface area contributed by atoms with Crippen LogP contribution >= 0.6 is 0 Å². The molecule has 0 fully saturated rings. The molecule has 0 saturated carbocycles. The Balaban J connectivity index is 1.62. The average molecular weight is 500 g/mol. The van der Waals surface area contributed by atoms with Crippen molar-refractivity contribution >= 4 is 11.5 Å². The van der Waals surface area contributed by atoms with Crippen LogP contribution in [0.2, 0.25) is 0 Å². The van der Waals surface area contributed by atoms with Gasteiger partial charge < -0.3 is 43.2 Å². The molecule has 1 amide bonds. The van der Waals surface area contributed by atoms with Gasteiger partial charge in [0.15, 0.2) is 11.5 Å². The number of hydrogen-bond donors (Lipinski definition) is 1. The zero-order valence-corrected chi connectivity index (χ0v) is 20.3. The van der Waals surface area contributed by atoms with E-state index in [1.165, 1.54) is 14.2 Å². The number of hydrogen-bond acceptors (Lipinski definition) is 9. The normalized spacial score (nSPS) is 24.3. The maximum absolute atomic E-state index is 14.0. The minimum atomic E-state index is -1.01. The molecule has 0 spiro atoms. The monoisotopic (exact) mass is 499 g/mol. The molecule has 3 aliphatic rings. The number of carbonyl (C=O) groups is 1. The summed E-state index contributed by atoms with van der Waals surface area (Å²) >= 11 is 0. The predicted molar refractivity (Wildman–Crippen MR) is 127 cm³/mol. The van der Waals surface area contributed by atoms with E-state index in [1.54, 1.807) is 30.2 Å². The van der Waals surface area contributed by atoms with E-state index >= 15 is 0 Å². The highest BCUT2D eigenvalue weighted by Gasteiger charge is 2.49. The molecule has 1 N–H and O–H groups in total. The Kier molecular flexibility index (Phi) is 7.13. The summed E-state index contributed by atoms with van der Waals surface area (Å²) in [5.41, 5.74) is 2.76. The number of fused-ring (bicyclic) bond motifs is 4. The SMILES string of the molecule is COCO[C@@H]1[C@H](OCOC)[C@@H](O)C=C2c3cc4c(cc3C(=O)N(Cc3ccc(OC)cc3)[C@H]21)OCO4. The van der Waals surface area contributed by atoms with Gasteiger partial charge in [0.2, 0.25) is 6.79 Å². The van der Waals surface area contributed by atoms with E-state index in [1.807, 2.05) is 24.3 Å². The lowest BCUT2D eigenvalue weighted by Gasteiger charge is -2.47. The van der Waals surface area contributed by atoms with Gasteiger partial charge in [-0.2, -0.15) is 0 Å². The van der Waals surface area contributed by atoms with Crippen molar-refractivity contribution in [3.05, 3.63) is 59.2 Å². The summed E-state index contributed by atoms with van der Waals surface area (Å²) in [7, 11) is 4.62. The van der Waals surface area contributed by atoms with E-state index < -0.39 is 24.4 Å². The quantitative estimate of drug-likeness (QED) is 0.520. The predicted octanol–water partition coefficient (Wildman–Crippen LogP) is 2.18. The van der Waals surface area contributed by atoms with Crippen LogP contribution in [-0.2, 0) is 25.5 Å². The fourth-order valence-corrected chi connectivity index (χ4v) is 4.93. The van der Waals surface area contributed by atoms with Crippen LogP contribution in [0.15, 0.2) is 42.5 Å². The molecular weight excluding hydrogens is 470 g/mol. The molecule has 0 saturated heterocycles.